The number of rotatable bonds is 3. The molecule has 0 aromatic rings. The molecule has 1 aliphatic rings. The molecular formula is C18H38N2O3. The molecular weight excluding hydrogens is 292 g/mol. The number of likely N-dealkylation sites (tertiary alicyclic amines) is 1. The van der Waals surface area contributed by atoms with Gasteiger partial charge in [-0.05, 0) is 39.5 Å². The van der Waals surface area contributed by atoms with E-state index in [2.05, 4.69) is 6.92 Å². The van der Waals surface area contributed by atoms with Crippen LogP contribution >= 0.6 is 0 Å². The highest BCUT2D eigenvalue weighted by Gasteiger charge is 2.27. The fourth-order valence-corrected chi connectivity index (χ4v) is 2.00. The van der Waals surface area contributed by atoms with Crippen LogP contribution in [0.4, 0.5) is 4.79 Å². The highest BCUT2D eigenvalue weighted by molar-refractivity contribution is 5.76. The lowest BCUT2D eigenvalue weighted by atomic mass is 10.1. The Kier molecular flexibility index (Phi) is 12.7. The number of primary amides is 1. The van der Waals surface area contributed by atoms with Gasteiger partial charge in [-0.15, -0.1) is 0 Å². The Balaban J connectivity index is 0. The summed E-state index contributed by atoms with van der Waals surface area (Å²) in [5.41, 5.74) is 4.61. The first-order valence-electron chi connectivity index (χ1n) is 8.84. The van der Waals surface area contributed by atoms with Gasteiger partial charge in [-0.2, -0.15) is 0 Å². The minimum Gasteiger partial charge on any atom is -0.444 e. The molecule has 1 fully saturated rings. The second kappa shape index (κ2) is 12.2. The van der Waals surface area contributed by atoms with Crippen molar-refractivity contribution >= 4 is 12.0 Å². The first kappa shape index (κ1) is 24.0. The van der Waals surface area contributed by atoms with Gasteiger partial charge in [-0.1, -0.05) is 41.0 Å². The molecule has 2 N–H and O–H groups in total. The maximum atomic E-state index is 11.5. The molecule has 1 rings (SSSR count). The van der Waals surface area contributed by atoms with E-state index in [1.54, 1.807) is 4.90 Å². The van der Waals surface area contributed by atoms with Crippen molar-refractivity contribution in [3.8, 4) is 0 Å². The molecule has 0 radical (unpaired) electrons. The SMILES string of the molecule is CC.CC1CCN(C(=O)OC(C)(C)C)C1.CCCC(C)C(N)=O. The van der Waals surface area contributed by atoms with Gasteiger partial charge in [-0.3, -0.25) is 4.79 Å². The van der Waals surface area contributed by atoms with E-state index in [-0.39, 0.29) is 23.5 Å². The van der Waals surface area contributed by atoms with Crippen LogP contribution < -0.4 is 5.73 Å². The molecule has 2 atom stereocenters. The zero-order valence-corrected chi connectivity index (χ0v) is 16.4. The Bertz CT molecular complexity index is 338. The molecule has 2 unspecified atom stereocenters. The number of hydrogen-bond donors (Lipinski definition) is 1. The Labute approximate surface area is 142 Å². The summed E-state index contributed by atoms with van der Waals surface area (Å²) < 4.78 is 5.26. The average Bonchev–Trinajstić information content (AvgIpc) is 2.87. The van der Waals surface area contributed by atoms with Gasteiger partial charge in [0.25, 0.3) is 0 Å². The highest BCUT2D eigenvalue weighted by Crippen LogP contribution is 2.18. The quantitative estimate of drug-likeness (QED) is 0.843. The molecule has 0 aromatic carbocycles. The van der Waals surface area contributed by atoms with Gasteiger partial charge >= 0.3 is 6.09 Å². The number of amides is 2. The zero-order chi connectivity index (χ0) is 18.6. The van der Waals surface area contributed by atoms with Crippen LogP contribution in [0.3, 0.4) is 0 Å². The smallest absolute Gasteiger partial charge is 0.410 e. The summed E-state index contributed by atoms with van der Waals surface area (Å²) in [5.74, 6) is 0.486. The number of nitrogens with zero attached hydrogens (tertiary/aromatic N) is 1. The molecule has 5 nitrogen and oxygen atoms in total. The molecule has 23 heavy (non-hydrogen) atoms. The lowest BCUT2D eigenvalue weighted by Gasteiger charge is -2.24. The minimum absolute atomic E-state index is 0.0556. The first-order chi connectivity index (χ1) is 10.6. The number of ether oxygens (including phenoxy) is 1. The Morgan fingerprint density at radius 2 is 1.83 bits per heavy atom. The van der Waals surface area contributed by atoms with Crippen LogP contribution in [0.2, 0.25) is 0 Å². The van der Waals surface area contributed by atoms with Crippen LogP contribution in [0.1, 0.15) is 74.7 Å². The zero-order valence-electron chi connectivity index (χ0n) is 16.4. The van der Waals surface area contributed by atoms with E-state index < -0.39 is 0 Å². The third kappa shape index (κ3) is 12.9. The standard InChI is InChI=1S/C10H19NO2.C6H13NO.C2H6/c1-8-5-6-11(7-8)9(12)13-10(2,3)4;1-3-4-5(2)6(7)8;1-2/h8H,5-7H2,1-4H3;5H,3-4H2,1-2H3,(H2,7,8);1-2H3. The van der Waals surface area contributed by atoms with Crippen molar-refractivity contribution in [2.75, 3.05) is 13.1 Å². The van der Waals surface area contributed by atoms with E-state index >= 15 is 0 Å². The summed E-state index contributed by atoms with van der Waals surface area (Å²) in [6.07, 6.45) is 2.87. The number of nitrogens with two attached hydrogens (primary N) is 1. The van der Waals surface area contributed by atoms with Crippen LogP contribution in [0.25, 0.3) is 0 Å². The molecule has 1 heterocycles. The summed E-state index contributed by atoms with van der Waals surface area (Å²) in [6.45, 7) is 17.4. The van der Waals surface area contributed by atoms with E-state index in [0.29, 0.717) is 5.92 Å². The maximum Gasteiger partial charge on any atom is 0.410 e. The van der Waals surface area contributed by atoms with Crippen molar-refractivity contribution in [3.05, 3.63) is 0 Å². The third-order valence-electron chi connectivity index (χ3n) is 3.28. The van der Waals surface area contributed by atoms with Crippen LogP contribution in [0.15, 0.2) is 0 Å². The molecule has 0 aliphatic carbocycles. The predicted molar refractivity (Wildman–Crippen MR) is 96.2 cm³/mol. The van der Waals surface area contributed by atoms with Gasteiger partial charge in [0.05, 0.1) is 0 Å². The van der Waals surface area contributed by atoms with Crippen molar-refractivity contribution in [1.82, 2.24) is 4.90 Å². The van der Waals surface area contributed by atoms with Crippen molar-refractivity contribution in [2.24, 2.45) is 17.6 Å². The molecule has 0 spiro atoms. The van der Waals surface area contributed by atoms with Gasteiger partial charge in [-0.25, -0.2) is 4.79 Å². The highest BCUT2D eigenvalue weighted by atomic mass is 16.6. The molecule has 138 valence electrons. The van der Waals surface area contributed by atoms with Crippen LogP contribution in [-0.2, 0) is 9.53 Å². The second-order valence-electron chi connectivity index (χ2n) is 6.91. The van der Waals surface area contributed by atoms with E-state index in [9.17, 15) is 9.59 Å². The van der Waals surface area contributed by atoms with Crippen molar-refractivity contribution in [1.29, 1.82) is 0 Å². The normalized spacial score (nSPS) is 18.1. The van der Waals surface area contributed by atoms with E-state index in [1.807, 2.05) is 48.5 Å². The second-order valence-corrected chi connectivity index (χ2v) is 6.91. The van der Waals surface area contributed by atoms with E-state index in [1.165, 1.54) is 0 Å². The van der Waals surface area contributed by atoms with Crippen molar-refractivity contribution in [3.63, 3.8) is 0 Å². The van der Waals surface area contributed by atoms with Crippen LogP contribution in [-0.4, -0.2) is 35.6 Å². The first-order valence-corrected chi connectivity index (χ1v) is 8.84. The molecule has 0 saturated carbocycles. The largest absolute Gasteiger partial charge is 0.444 e. The summed E-state index contributed by atoms with van der Waals surface area (Å²) in [5, 5.41) is 0. The number of hydrogen-bond acceptors (Lipinski definition) is 3. The minimum atomic E-state index is -0.372. The number of carbonyl (C=O) groups is 2. The van der Waals surface area contributed by atoms with E-state index in [4.69, 9.17) is 10.5 Å². The average molecular weight is 331 g/mol. The summed E-state index contributed by atoms with van der Waals surface area (Å²) >= 11 is 0. The molecule has 1 saturated heterocycles. The fourth-order valence-electron chi connectivity index (χ4n) is 2.00. The van der Waals surface area contributed by atoms with Gasteiger partial charge in [0.2, 0.25) is 5.91 Å². The molecule has 0 bridgehead atoms. The summed E-state index contributed by atoms with van der Waals surface area (Å²) in [7, 11) is 0. The molecule has 5 heteroatoms. The Hall–Kier alpha value is -1.26. The van der Waals surface area contributed by atoms with Gasteiger partial charge in [0.15, 0.2) is 0 Å². The third-order valence-corrected chi connectivity index (χ3v) is 3.28. The maximum absolute atomic E-state index is 11.5. The Morgan fingerprint density at radius 3 is 2.09 bits per heavy atom. The fraction of sp³-hybridized carbons (Fsp3) is 0.889. The Morgan fingerprint density at radius 1 is 1.30 bits per heavy atom. The van der Waals surface area contributed by atoms with Gasteiger partial charge in [0, 0.05) is 19.0 Å². The summed E-state index contributed by atoms with van der Waals surface area (Å²) in [6, 6.07) is 0. The van der Waals surface area contributed by atoms with Crippen molar-refractivity contribution in [2.45, 2.75) is 80.3 Å². The topological polar surface area (TPSA) is 72.6 Å². The van der Waals surface area contributed by atoms with E-state index in [0.717, 1.165) is 32.4 Å². The van der Waals surface area contributed by atoms with Gasteiger partial charge in [0.1, 0.15) is 5.60 Å². The summed E-state index contributed by atoms with van der Waals surface area (Å²) in [4.78, 5) is 23.6. The molecule has 1 aliphatic heterocycles. The lowest BCUT2D eigenvalue weighted by molar-refractivity contribution is -0.121. The lowest BCUT2D eigenvalue weighted by Crippen LogP contribution is -2.35. The molecule has 2 amide bonds. The number of carbonyl (C=O) groups excluding carboxylic acids is 2. The van der Waals surface area contributed by atoms with Crippen LogP contribution in [0.5, 0.6) is 0 Å². The van der Waals surface area contributed by atoms with Crippen LogP contribution in [0, 0.1) is 11.8 Å². The van der Waals surface area contributed by atoms with Crippen molar-refractivity contribution < 1.29 is 14.3 Å². The monoisotopic (exact) mass is 330 g/mol. The molecule has 0 aromatic heterocycles. The van der Waals surface area contributed by atoms with Gasteiger partial charge < -0.3 is 15.4 Å². The predicted octanol–water partition coefficient (Wildman–Crippen LogP) is 4.20.